The van der Waals surface area contributed by atoms with Crippen molar-refractivity contribution in [3.63, 3.8) is 0 Å². The van der Waals surface area contributed by atoms with Gasteiger partial charge in [-0.05, 0) is 25.0 Å². The van der Waals surface area contributed by atoms with Gasteiger partial charge in [0.1, 0.15) is 12.4 Å². The van der Waals surface area contributed by atoms with Gasteiger partial charge in [-0.1, -0.05) is 61.2 Å². The molecule has 1 heterocycles. The van der Waals surface area contributed by atoms with Gasteiger partial charge >= 0.3 is 0 Å². The van der Waals surface area contributed by atoms with Crippen LogP contribution < -0.4 is 15.4 Å². The minimum Gasteiger partial charge on any atom is -0.489 e. The summed E-state index contributed by atoms with van der Waals surface area (Å²) in [7, 11) is 0. The molecule has 0 aromatic heterocycles. The van der Waals surface area contributed by atoms with Gasteiger partial charge in [0.25, 0.3) is 0 Å². The number of guanidine groups is 1. The van der Waals surface area contributed by atoms with Crippen LogP contribution in [0.2, 0.25) is 0 Å². The Hall–Kier alpha value is -3.28. The van der Waals surface area contributed by atoms with Crippen molar-refractivity contribution in [2.45, 2.75) is 26.3 Å². The first-order chi connectivity index (χ1) is 15.7. The lowest BCUT2D eigenvalue weighted by atomic mass is 10.1. The highest BCUT2D eigenvalue weighted by Crippen LogP contribution is 2.19. The number of aliphatic imine (C=N–C) groups is 1. The molecule has 0 aliphatic carbocycles. The number of nitrogens with zero attached hydrogens (tertiary/aromatic N) is 2. The first kappa shape index (κ1) is 23.4. The van der Waals surface area contributed by atoms with Crippen molar-refractivity contribution in [3.8, 4) is 5.75 Å². The average Bonchev–Trinajstić information content (AvgIpc) is 3.18. The van der Waals surface area contributed by atoms with E-state index in [-0.39, 0.29) is 11.8 Å². The highest BCUT2D eigenvalue weighted by Gasteiger charge is 2.29. The van der Waals surface area contributed by atoms with Crippen LogP contribution in [0.4, 0.5) is 0 Å². The molecule has 170 valence electrons. The number of hydrogen-bond donors (Lipinski definition) is 2. The molecule has 2 N–H and O–H groups in total. The van der Waals surface area contributed by atoms with Crippen molar-refractivity contribution < 1.29 is 9.53 Å². The predicted molar refractivity (Wildman–Crippen MR) is 130 cm³/mol. The largest absolute Gasteiger partial charge is 0.489 e. The summed E-state index contributed by atoms with van der Waals surface area (Å²) in [5.74, 6) is 2.09. The molecule has 2 aromatic rings. The lowest BCUT2D eigenvalue weighted by Crippen LogP contribution is -2.40. The summed E-state index contributed by atoms with van der Waals surface area (Å²) < 4.78 is 5.73. The molecule has 2 aromatic carbocycles. The number of carbonyl (C=O) groups excluding carboxylic acids is 1. The number of hydrogen-bond acceptors (Lipinski definition) is 3. The van der Waals surface area contributed by atoms with E-state index in [1.165, 1.54) is 5.56 Å². The minimum absolute atomic E-state index is 0.239. The maximum absolute atomic E-state index is 12.4. The SMILES string of the molecule is C=CCOc1ccccc1CN=C(NCC)NCC1CC(=O)N(CCc2ccccc2)C1. The van der Waals surface area contributed by atoms with Crippen LogP contribution in [0.3, 0.4) is 0 Å². The molecule has 1 saturated heterocycles. The zero-order chi connectivity index (χ0) is 22.6. The normalized spacial score (nSPS) is 16.2. The Balaban J connectivity index is 1.51. The molecule has 0 radical (unpaired) electrons. The number of rotatable bonds is 11. The average molecular weight is 435 g/mol. The van der Waals surface area contributed by atoms with Gasteiger partial charge in [-0.25, -0.2) is 4.99 Å². The molecule has 1 atom stereocenters. The molecule has 1 aliphatic rings. The van der Waals surface area contributed by atoms with Crippen LogP contribution in [0.5, 0.6) is 5.75 Å². The number of likely N-dealkylation sites (tertiary alicyclic amines) is 1. The van der Waals surface area contributed by atoms with Crippen molar-refractivity contribution in [1.29, 1.82) is 0 Å². The van der Waals surface area contributed by atoms with E-state index in [1.54, 1.807) is 6.08 Å². The van der Waals surface area contributed by atoms with E-state index in [4.69, 9.17) is 9.73 Å². The number of benzene rings is 2. The molecule has 1 fully saturated rings. The molecule has 0 bridgehead atoms. The Morgan fingerprint density at radius 3 is 2.75 bits per heavy atom. The number of ether oxygens (including phenoxy) is 1. The van der Waals surface area contributed by atoms with Crippen molar-refractivity contribution in [2.24, 2.45) is 10.9 Å². The van der Waals surface area contributed by atoms with Crippen LogP contribution in [-0.4, -0.2) is 49.6 Å². The van der Waals surface area contributed by atoms with Crippen LogP contribution in [-0.2, 0) is 17.8 Å². The molecule has 1 unspecified atom stereocenters. The molecule has 0 saturated carbocycles. The lowest BCUT2D eigenvalue weighted by molar-refractivity contribution is -0.127. The maximum atomic E-state index is 12.4. The van der Waals surface area contributed by atoms with E-state index in [9.17, 15) is 4.79 Å². The van der Waals surface area contributed by atoms with E-state index in [0.29, 0.717) is 26.1 Å². The molecule has 1 amide bonds. The summed E-state index contributed by atoms with van der Waals surface area (Å²) in [6, 6.07) is 18.2. The van der Waals surface area contributed by atoms with Crippen molar-refractivity contribution >= 4 is 11.9 Å². The van der Waals surface area contributed by atoms with E-state index < -0.39 is 0 Å². The molecule has 1 aliphatic heterocycles. The fourth-order valence-corrected chi connectivity index (χ4v) is 3.79. The van der Waals surface area contributed by atoms with E-state index in [2.05, 4.69) is 29.3 Å². The third kappa shape index (κ3) is 7.15. The second kappa shape index (κ2) is 12.5. The van der Waals surface area contributed by atoms with Crippen molar-refractivity contribution in [2.75, 3.05) is 32.8 Å². The van der Waals surface area contributed by atoms with E-state index in [0.717, 1.165) is 43.3 Å². The fraction of sp³-hybridized carbons (Fsp3) is 0.385. The molecule has 0 spiro atoms. The van der Waals surface area contributed by atoms with Crippen LogP contribution in [0, 0.1) is 5.92 Å². The number of amides is 1. The summed E-state index contributed by atoms with van der Waals surface area (Å²) >= 11 is 0. The molecule has 32 heavy (non-hydrogen) atoms. The molecular weight excluding hydrogens is 400 g/mol. The molecule has 6 heteroatoms. The Labute approximate surface area is 191 Å². The Morgan fingerprint density at radius 1 is 1.19 bits per heavy atom. The summed E-state index contributed by atoms with van der Waals surface area (Å²) in [6.45, 7) is 9.77. The first-order valence-electron chi connectivity index (χ1n) is 11.3. The third-order valence-corrected chi connectivity index (χ3v) is 5.45. The van der Waals surface area contributed by atoms with E-state index in [1.807, 2.05) is 54.3 Å². The number of para-hydroxylation sites is 1. The summed E-state index contributed by atoms with van der Waals surface area (Å²) in [4.78, 5) is 19.1. The summed E-state index contributed by atoms with van der Waals surface area (Å²) in [6.07, 6.45) is 3.21. The third-order valence-electron chi connectivity index (χ3n) is 5.45. The maximum Gasteiger partial charge on any atom is 0.223 e. The van der Waals surface area contributed by atoms with Crippen LogP contribution in [0.15, 0.2) is 72.2 Å². The minimum atomic E-state index is 0.239. The predicted octanol–water partition coefficient (Wildman–Crippen LogP) is 3.40. The van der Waals surface area contributed by atoms with Gasteiger partial charge < -0.3 is 20.3 Å². The number of carbonyl (C=O) groups is 1. The molecular formula is C26H34N4O2. The van der Waals surface area contributed by atoms with Crippen LogP contribution in [0.25, 0.3) is 0 Å². The van der Waals surface area contributed by atoms with Gasteiger partial charge in [-0.2, -0.15) is 0 Å². The smallest absolute Gasteiger partial charge is 0.223 e. The second-order valence-electron chi connectivity index (χ2n) is 7.93. The standard InChI is InChI=1S/C26H34N4O2/c1-3-16-32-24-13-9-8-12-23(24)19-29-26(27-4-2)28-18-22-17-25(31)30(20-22)15-14-21-10-6-5-7-11-21/h3,5-13,22H,1,4,14-20H2,2H3,(H2,27,28,29). The Morgan fingerprint density at radius 2 is 1.97 bits per heavy atom. The van der Waals surface area contributed by atoms with Gasteiger partial charge in [0.05, 0.1) is 6.54 Å². The van der Waals surface area contributed by atoms with Crippen LogP contribution >= 0.6 is 0 Å². The van der Waals surface area contributed by atoms with Crippen molar-refractivity contribution in [3.05, 3.63) is 78.4 Å². The topological polar surface area (TPSA) is 66.0 Å². The van der Waals surface area contributed by atoms with Gasteiger partial charge in [-0.3, -0.25) is 4.79 Å². The van der Waals surface area contributed by atoms with E-state index >= 15 is 0 Å². The van der Waals surface area contributed by atoms with Crippen molar-refractivity contribution in [1.82, 2.24) is 15.5 Å². The second-order valence-corrected chi connectivity index (χ2v) is 7.93. The lowest BCUT2D eigenvalue weighted by Gasteiger charge is -2.18. The number of nitrogens with one attached hydrogen (secondary N) is 2. The highest BCUT2D eigenvalue weighted by atomic mass is 16.5. The quantitative estimate of drug-likeness (QED) is 0.323. The monoisotopic (exact) mass is 434 g/mol. The zero-order valence-corrected chi connectivity index (χ0v) is 18.9. The molecule has 6 nitrogen and oxygen atoms in total. The highest BCUT2D eigenvalue weighted by molar-refractivity contribution is 5.81. The van der Waals surface area contributed by atoms with Gasteiger partial charge in [0.15, 0.2) is 5.96 Å². The fourth-order valence-electron chi connectivity index (χ4n) is 3.79. The van der Waals surface area contributed by atoms with Crippen LogP contribution in [0.1, 0.15) is 24.5 Å². The Kier molecular flexibility index (Phi) is 9.17. The summed E-state index contributed by atoms with van der Waals surface area (Å²) in [5.41, 5.74) is 2.29. The first-order valence-corrected chi connectivity index (χ1v) is 11.3. The van der Waals surface area contributed by atoms with Gasteiger partial charge in [0.2, 0.25) is 5.91 Å². The summed E-state index contributed by atoms with van der Waals surface area (Å²) in [5, 5.41) is 6.71. The van der Waals surface area contributed by atoms with Gasteiger partial charge in [0, 0.05) is 44.1 Å². The molecule has 3 rings (SSSR count). The Bertz CT molecular complexity index is 898. The zero-order valence-electron chi connectivity index (χ0n) is 18.9. The van der Waals surface area contributed by atoms with Gasteiger partial charge in [-0.15, -0.1) is 0 Å².